The van der Waals surface area contributed by atoms with Crippen molar-refractivity contribution in [1.29, 1.82) is 0 Å². The van der Waals surface area contributed by atoms with Crippen molar-refractivity contribution < 1.29 is 14.3 Å². The number of carbonyl (C=O) groups excluding carboxylic acids is 1. The molecule has 1 unspecified atom stereocenters. The van der Waals surface area contributed by atoms with Crippen LogP contribution in [0.2, 0.25) is 0 Å². The molecule has 0 radical (unpaired) electrons. The molecule has 1 aliphatic heterocycles. The molecule has 1 fully saturated rings. The molecule has 6 nitrogen and oxygen atoms in total. The SMILES string of the molecule is Cc1cc(C)nc(OCCCC2CCCCN2C(=O)OC(C)(C)C)n1. The van der Waals surface area contributed by atoms with Gasteiger partial charge in [0, 0.05) is 24.0 Å². The van der Waals surface area contributed by atoms with Crippen LogP contribution in [0, 0.1) is 13.8 Å². The van der Waals surface area contributed by atoms with Gasteiger partial charge in [-0.3, -0.25) is 0 Å². The van der Waals surface area contributed by atoms with Crippen molar-refractivity contribution in [2.24, 2.45) is 0 Å². The summed E-state index contributed by atoms with van der Waals surface area (Å²) in [5, 5.41) is 0. The number of rotatable bonds is 5. The third kappa shape index (κ3) is 6.52. The number of aryl methyl sites for hydroxylation is 2. The average molecular weight is 349 g/mol. The molecular formula is C19H31N3O3. The summed E-state index contributed by atoms with van der Waals surface area (Å²) in [6, 6.07) is 2.59. The normalized spacial score (nSPS) is 18.1. The molecule has 1 aliphatic rings. The van der Waals surface area contributed by atoms with Crippen LogP contribution >= 0.6 is 0 Å². The number of nitrogens with zero attached hydrogens (tertiary/aromatic N) is 3. The van der Waals surface area contributed by atoms with Gasteiger partial charge in [0.2, 0.25) is 0 Å². The van der Waals surface area contributed by atoms with Crippen molar-refractivity contribution in [3.63, 3.8) is 0 Å². The Hall–Kier alpha value is -1.85. The van der Waals surface area contributed by atoms with Crippen molar-refractivity contribution in [1.82, 2.24) is 14.9 Å². The van der Waals surface area contributed by atoms with E-state index < -0.39 is 5.60 Å². The van der Waals surface area contributed by atoms with E-state index in [1.807, 2.05) is 45.6 Å². The highest BCUT2D eigenvalue weighted by Gasteiger charge is 2.30. The van der Waals surface area contributed by atoms with E-state index in [0.29, 0.717) is 12.6 Å². The van der Waals surface area contributed by atoms with Gasteiger partial charge in [-0.15, -0.1) is 0 Å². The summed E-state index contributed by atoms with van der Waals surface area (Å²) < 4.78 is 11.2. The summed E-state index contributed by atoms with van der Waals surface area (Å²) in [7, 11) is 0. The molecule has 140 valence electrons. The molecule has 1 saturated heterocycles. The number of aromatic nitrogens is 2. The lowest BCUT2D eigenvalue weighted by Crippen LogP contribution is -2.46. The van der Waals surface area contributed by atoms with Crippen LogP contribution in [0.25, 0.3) is 0 Å². The fourth-order valence-corrected chi connectivity index (χ4v) is 3.10. The lowest BCUT2D eigenvalue weighted by Gasteiger charge is -2.36. The van der Waals surface area contributed by atoms with Gasteiger partial charge in [0.25, 0.3) is 0 Å². The minimum atomic E-state index is -0.456. The van der Waals surface area contributed by atoms with Gasteiger partial charge in [0.15, 0.2) is 0 Å². The lowest BCUT2D eigenvalue weighted by molar-refractivity contribution is 0.00819. The Kier molecular flexibility index (Phi) is 6.62. The molecule has 0 bridgehead atoms. The van der Waals surface area contributed by atoms with Crippen LogP contribution < -0.4 is 4.74 Å². The van der Waals surface area contributed by atoms with Gasteiger partial charge >= 0.3 is 12.1 Å². The molecular weight excluding hydrogens is 318 g/mol. The van der Waals surface area contributed by atoms with Gasteiger partial charge in [0.05, 0.1) is 6.61 Å². The van der Waals surface area contributed by atoms with E-state index in [0.717, 1.165) is 50.0 Å². The summed E-state index contributed by atoms with van der Waals surface area (Å²) in [5.41, 5.74) is 1.36. The fourth-order valence-electron chi connectivity index (χ4n) is 3.10. The Labute approximate surface area is 150 Å². The van der Waals surface area contributed by atoms with Crippen LogP contribution in [0.15, 0.2) is 6.07 Å². The smallest absolute Gasteiger partial charge is 0.410 e. The van der Waals surface area contributed by atoms with E-state index in [1.165, 1.54) is 0 Å². The summed E-state index contributed by atoms with van der Waals surface area (Å²) in [6.07, 6.45) is 4.80. The highest BCUT2D eigenvalue weighted by atomic mass is 16.6. The Morgan fingerprint density at radius 2 is 1.92 bits per heavy atom. The van der Waals surface area contributed by atoms with Gasteiger partial charge in [-0.1, -0.05) is 0 Å². The summed E-state index contributed by atoms with van der Waals surface area (Å²) in [6.45, 7) is 10.9. The molecule has 25 heavy (non-hydrogen) atoms. The van der Waals surface area contributed by atoms with Crippen LogP contribution in [0.5, 0.6) is 6.01 Å². The second-order valence-corrected chi connectivity index (χ2v) is 7.75. The minimum Gasteiger partial charge on any atom is -0.463 e. The number of likely N-dealkylation sites (tertiary alicyclic amines) is 1. The third-order valence-corrected chi connectivity index (χ3v) is 4.13. The zero-order valence-electron chi connectivity index (χ0n) is 16.2. The first-order valence-corrected chi connectivity index (χ1v) is 9.19. The van der Waals surface area contributed by atoms with Crippen LogP contribution in [0.3, 0.4) is 0 Å². The molecule has 1 aromatic heterocycles. The summed E-state index contributed by atoms with van der Waals surface area (Å²) in [5.74, 6) is 0. The zero-order valence-corrected chi connectivity index (χ0v) is 16.2. The van der Waals surface area contributed by atoms with Crippen molar-refractivity contribution in [3.8, 4) is 6.01 Å². The fraction of sp³-hybridized carbons (Fsp3) is 0.737. The first kappa shape index (κ1) is 19.5. The molecule has 1 atom stereocenters. The molecule has 6 heteroatoms. The van der Waals surface area contributed by atoms with Gasteiger partial charge in [0.1, 0.15) is 5.60 Å². The van der Waals surface area contributed by atoms with E-state index in [1.54, 1.807) is 0 Å². The molecule has 2 rings (SSSR count). The summed E-state index contributed by atoms with van der Waals surface area (Å²) >= 11 is 0. The Balaban J connectivity index is 1.82. The average Bonchev–Trinajstić information content (AvgIpc) is 2.49. The molecule has 0 saturated carbocycles. The predicted octanol–water partition coefficient (Wildman–Crippen LogP) is 4.04. The van der Waals surface area contributed by atoms with Crippen molar-refractivity contribution in [3.05, 3.63) is 17.5 Å². The Bertz CT molecular complexity index is 564. The number of hydrogen-bond donors (Lipinski definition) is 0. The van der Waals surface area contributed by atoms with Gasteiger partial charge in [-0.25, -0.2) is 14.8 Å². The largest absolute Gasteiger partial charge is 0.463 e. The predicted molar refractivity (Wildman–Crippen MR) is 96.8 cm³/mol. The second-order valence-electron chi connectivity index (χ2n) is 7.75. The standard InChI is InChI=1S/C19H31N3O3/c1-14-13-15(2)21-17(20-14)24-12-8-10-16-9-6-7-11-22(16)18(23)25-19(3,4)5/h13,16H,6-12H2,1-5H3. The topological polar surface area (TPSA) is 64.5 Å². The second kappa shape index (κ2) is 8.50. The van der Waals surface area contributed by atoms with Crippen molar-refractivity contribution in [2.45, 2.75) is 78.4 Å². The molecule has 0 aromatic carbocycles. The number of hydrogen-bond acceptors (Lipinski definition) is 5. The minimum absolute atomic E-state index is 0.198. The first-order chi connectivity index (χ1) is 11.7. The zero-order chi connectivity index (χ0) is 18.4. The van der Waals surface area contributed by atoms with Crippen LogP contribution in [0.4, 0.5) is 4.79 Å². The molecule has 2 heterocycles. The first-order valence-electron chi connectivity index (χ1n) is 9.19. The molecule has 0 aliphatic carbocycles. The maximum Gasteiger partial charge on any atom is 0.410 e. The maximum absolute atomic E-state index is 12.4. The van der Waals surface area contributed by atoms with Crippen molar-refractivity contribution >= 4 is 6.09 Å². The van der Waals surface area contributed by atoms with E-state index in [4.69, 9.17) is 9.47 Å². The molecule has 0 spiro atoms. The number of ether oxygens (including phenoxy) is 2. The van der Waals surface area contributed by atoms with E-state index in [2.05, 4.69) is 9.97 Å². The van der Waals surface area contributed by atoms with E-state index in [-0.39, 0.29) is 12.1 Å². The van der Waals surface area contributed by atoms with Crippen LogP contribution in [0.1, 0.15) is 64.3 Å². The van der Waals surface area contributed by atoms with Crippen LogP contribution in [-0.2, 0) is 4.74 Å². The number of amides is 1. The quantitative estimate of drug-likeness (QED) is 0.751. The molecule has 0 N–H and O–H groups in total. The molecule has 1 amide bonds. The van der Waals surface area contributed by atoms with Gasteiger partial charge in [-0.2, -0.15) is 0 Å². The monoisotopic (exact) mass is 349 g/mol. The Morgan fingerprint density at radius 3 is 2.56 bits per heavy atom. The van der Waals surface area contributed by atoms with E-state index >= 15 is 0 Å². The number of carbonyl (C=O) groups is 1. The molecule has 1 aromatic rings. The van der Waals surface area contributed by atoms with E-state index in [9.17, 15) is 4.79 Å². The highest BCUT2D eigenvalue weighted by molar-refractivity contribution is 5.68. The van der Waals surface area contributed by atoms with Crippen LogP contribution in [-0.4, -0.2) is 45.8 Å². The number of piperidine rings is 1. The summed E-state index contributed by atoms with van der Waals surface area (Å²) in [4.78, 5) is 22.9. The highest BCUT2D eigenvalue weighted by Crippen LogP contribution is 2.23. The lowest BCUT2D eigenvalue weighted by atomic mass is 9.98. The van der Waals surface area contributed by atoms with Gasteiger partial charge < -0.3 is 14.4 Å². The third-order valence-electron chi connectivity index (χ3n) is 4.13. The van der Waals surface area contributed by atoms with Gasteiger partial charge in [-0.05, 0) is 72.8 Å². The van der Waals surface area contributed by atoms with Crippen molar-refractivity contribution in [2.75, 3.05) is 13.2 Å². The maximum atomic E-state index is 12.4. The Morgan fingerprint density at radius 1 is 1.24 bits per heavy atom.